The third kappa shape index (κ3) is 4.78. The first-order valence-corrected chi connectivity index (χ1v) is 5.32. The van der Waals surface area contributed by atoms with Crippen LogP contribution in [0.15, 0.2) is 16.7 Å². The number of hydrogen-bond acceptors (Lipinski definition) is 2. The normalized spacial score (nSPS) is 11.8. The molecule has 17 heavy (non-hydrogen) atoms. The number of carboxylic acid groups (broad SMARTS) is 1. The quantitative estimate of drug-likeness (QED) is 0.849. The number of hydrogen-bond donors (Lipinski definition) is 1. The standard InChI is InChI=1S/C9H9BrF3NO3/c10-6-3-7(8(15)16)14(4-6)1-2-17-5-9(11,12)13/h3-4H,1-2,5H2,(H,15,16). The number of aromatic carboxylic acids is 1. The van der Waals surface area contributed by atoms with Crippen molar-refractivity contribution in [3.63, 3.8) is 0 Å². The summed E-state index contributed by atoms with van der Waals surface area (Å²) in [5, 5.41) is 8.80. The molecule has 1 heterocycles. The van der Waals surface area contributed by atoms with Gasteiger partial charge in [-0.2, -0.15) is 13.2 Å². The minimum Gasteiger partial charge on any atom is -0.477 e. The van der Waals surface area contributed by atoms with Gasteiger partial charge in [-0.3, -0.25) is 0 Å². The monoisotopic (exact) mass is 315 g/mol. The molecular weight excluding hydrogens is 307 g/mol. The Morgan fingerprint density at radius 1 is 1.53 bits per heavy atom. The smallest absolute Gasteiger partial charge is 0.411 e. The van der Waals surface area contributed by atoms with Crippen LogP contribution in [0.4, 0.5) is 13.2 Å². The molecule has 0 saturated carbocycles. The number of carbonyl (C=O) groups is 1. The van der Waals surface area contributed by atoms with E-state index in [0.29, 0.717) is 4.47 Å². The van der Waals surface area contributed by atoms with Gasteiger partial charge in [0.1, 0.15) is 12.3 Å². The Bertz CT molecular complexity index is 403. The average molecular weight is 316 g/mol. The summed E-state index contributed by atoms with van der Waals surface area (Å²) in [4.78, 5) is 10.8. The highest BCUT2D eigenvalue weighted by Crippen LogP contribution is 2.16. The van der Waals surface area contributed by atoms with E-state index in [1.54, 1.807) is 0 Å². The molecule has 1 rings (SSSR count). The molecule has 0 fully saturated rings. The van der Waals surface area contributed by atoms with Crippen LogP contribution in [0.2, 0.25) is 0 Å². The summed E-state index contributed by atoms with van der Waals surface area (Å²) in [6.45, 7) is -1.50. The maximum absolute atomic E-state index is 11.8. The van der Waals surface area contributed by atoms with Crippen LogP contribution in [0.3, 0.4) is 0 Å². The van der Waals surface area contributed by atoms with Crippen LogP contribution in [-0.4, -0.2) is 35.0 Å². The van der Waals surface area contributed by atoms with Crippen LogP contribution in [-0.2, 0) is 11.3 Å². The number of carboxylic acids is 1. The predicted molar refractivity (Wildman–Crippen MR) is 56.0 cm³/mol. The molecule has 8 heteroatoms. The highest BCUT2D eigenvalue weighted by Gasteiger charge is 2.27. The predicted octanol–water partition coefficient (Wildman–Crippen LogP) is 2.53. The summed E-state index contributed by atoms with van der Waals surface area (Å²) in [6, 6.07) is 1.37. The second-order valence-corrected chi connectivity index (χ2v) is 4.13. The molecule has 0 radical (unpaired) electrons. The number of rotatable bonds is 5. The molecule has 0 bridgehead atoms. The summed E-state index contributed by atoms with van der Waals surface area (Å²) in [7, 11) is 0. The highest BCUT2D eigenvalue weighted by atomic mass is 79.9. The lowest BCUT2D eigenvalue weighted by Crippen LogP contribution is -2.19. The van der Waals surface area contributed by atoms with E-state index in [-0.39, 0.29) is 18.8 Å². The molecule has 96 valence electrons. The van der Waals surface area contributed by atoms with Gasteiger partial charge in [-0.05, 0) is 22.0 Å². The molecule has 1 aromatic heterocycles. The van der Waals surface area contributed by atoms with Crippen LogP contribution in [0.5, 0.6) is 0 Å². The Balaban J connectivity index is 2.49. The Morgan fingerprint density at radius 2 is 2.18 bits per heavy atom. The van der Waals surface area contributed by atoms with Crippen LogP contribution in [0, 0.1) is 0 Å². The number of halogens is 4. The average Bonchev–Trinajstić information content (AvgIpc) is 2.53. The zero-order valence-electron chi connectivity index (χ0n) is 8.50. The van der Waals surface area contributed by atoms with Crippen molar-refractivity contribution in [1.29, 1.82) is 0 Å². The molecule has 1 N–H and O–H groups in total. The van der Waals surface area contributed by atoms with Crippen molar-refractivity contribution < 1.29 is 27.8 Å². The first-order chi connectivity index (χ1) is 7.79. The van der Waals surface area contributed by atoms with E-state index in [1.807, 2.05) is 0 Å². The van der Waals surface area contributed by atoms with E-state index in [0.717, 1.165) is 0 Å². The van der Waals surface area contributed by atoms with E-state index >= 15 is 0 Å². The van der Waals surface area contributed by atoms with Crippen molar-refractivity contribution in [3.05, 3.63) is 22.4 Å². The maximum atomic E-state index is 11.8. The third-order valence-corrected chi connectivity index (χ3v) is 2.26. The molecule has 0 atom stereocenters. The Hall–Kier alpha value is -1.02. The van der Waals surface area contributed by atoms with Crippen molar-refractivity contribution in [2.75, 3.05) is 13.2 Å². The summed E-state index contributed by atoms with van der Waals surface area (Å²) in [5.74, 6) is -1.15. The molecular formula is C9H9BrF3NO3. The fourth-order valence-electron chi connectivity index (χ4n) is 1.19. The second kappa shape index (κ2) is 5.54. The molecule has 0 aliphatic heterocycles. The molecule has 0 saturated heterocycles. The van der Waals surface area contributed by atoms with Crippen LogP contribution in [0.1, 0.15) is 10.5 Å². The molecule has 4 nitrogen and oxygen atoms in total. The first-order valence-electron chi connectivity index (χ1n) is 4.53. The molecule has 0 aromatic carbocycles. The highest BCUT2D eigenvalue weighted by molar-refractivity contribution is 9.10. The molecule has 0 amide bonds. The summed E-state index contributed by atoms with van der Waals surface area (Å²) in [6.07, 6.45) is -2.90. The molecule has 0 unspecified atom stereocenters. The number of ether oxygens (including phenoxy) is 1. The first kappa shape index (κ1) is 14.0. The lowest BCUT2D eigenvalue weighted by atomic mass is 10.4. The number of nitrogens with zero attached hydrogens (tertiary/aromatic N) is 1. The Morgan fingerprint density at radius 3 is 2.71 bits per heavy atom. The Kier molecular flexibility index (Phi) is 4.58. The summed E-state index contributed by atoms with van der Waals surface area (Å²) < 4.78 is 41.5. The van der Waals surface area contributed by atoms with Crippen LogP contribution in [0.25, 0.3) is 0 Å². The molecule has 0 aliphatic carbocycles. The van der Waals surface area contributed by atoms with Crippen molar-refractivity contribution in [3.8, 4) is 0 Å². The molecule has 0 aliphatic rings. The third-order valence-electron chi connectivity index (χ3n) is 1.82. The van der Waals surface area contributed by atoms with Gasteiger partial charge >= 0.3 is 12.1 Å². The van der Waals surface area contributed by atoms with E-state index in [1.165, 1.54) is 16.8 Å². The van der Waals surface area contributed by atoms with Gasteiger partial charge in [0, 0.05) is 17.2 Å². The summed E-state index contributed by atoms with van der Waals surface area (Å²) in [5.41, 5.74) is -0.00696. The topological polar surface area (TPSA) is 51.5 Å². The zero-order valence-corrected chi connectivity index (χ0v) is 10.1. The van der Waals surface area contributed by atoms with Gasteiger partial charge in [0.15, 0.2) is 0 Å². The van der Waals surface area contributed by atoms with Gasteiger partial charge in [0.25, 0.3) is 0 Å². The second-order valence-electron chi connectivity index (χ2n) is 3.21. The van der Waals surface area contributed by atoms with Crippen LogP contribution >= 0.6 is 15.9 Å². The maximum Gasteiger partial charge on any atom is 0.411 e. The number of aromatic nitrogens is 1. The fraction of sp³-hybridized carbons (Fsp3) is 0.444. The van der Waals surface area contributed by atoms with Crippen molar-refractivity contribution in [2.45, 2.75) is 12.7 Å². The van der Waals surface area contributed by atoms with E-state index < -0.39 is 18.8 Å². The van der Waals surface area contributed by atoms with E-state index in [4.69, 9.17) is 5.11 Å². The summed E-state index contributed by atoms with van der Waals surface area (Å²) >= 11 is 3.09. The minimum absolute atomic E-state index is 0.00696. The Labute approximate surface area is 103 Å². The SMILES string of the molecule is O=C(O)c1cc(Br)cn1CCOCC(F)(F)F. The lowest BCUT2D eigenvalue weighted by Gasteiger charge is -2.09. The molecule has 0 spiro atoms. The van der Waals surface area contributed by atoms with Gasteiger partial charge in [0.2, 0.25) is 0 Å². The minimum atomic E-state index is -4.37. The van der Waals surface area contributed by atoms with Gasteiger partial charge in [-0.15, -0.1) is 0 Å². The van der Waals surface area contributed by atoms with Gasteiger partial charge in [0.05, 0.1) is 6.61 Å². The van der Waals surface area contributed by atoms with E-state index in [9.17, 15) is 18.0 Å². The number of alkyl halides is 3. The van der Waals surface area contributed by atoms with Crippen molar-refractivity contribution in [2.24, 2.45) is 0 Å². The van der Waals surface area contributed by atoms with Gasteiger partial charge in [-0.1, -0.05) is 0 Å². The zero-order chi connectivity index (χ0) is 13.1. The van der Waals surface area contributed by atoms with Crippen molar-refractivity contribution >= 4 is 21.9 Å². The largest absolute Gasteiger partial charge is 0.477 e. The lowest BCUT2D eigenvalue weighted by molar-refractivity contribution is -0.174. The van der Waals surface area contributed by atoms with Crippen LogP contribution < -0.4 is 0 Å². The van der Waals surface area contributed by atoms with Gasteiger partial charge < -0.3 is 14.4 Å². The van der Waals surface area contributed by atoms with Crippen molar-refractivity contribution in [1.82, 2.24) is 4.57 Å². The molecule has 1 aromatic rings. The van der Waals surface area contributed by atoms with Gasteiger partial charge in [-0.25, -0.2) is 4.79 Å². The van der Waals surface area contributed by atoms with E-state index in [2.05, 4.69) is 20.7 Å². The fourth-order valence-corrected chi connectivity index (χ4v) is 1.65.